The fraction of sp³-hybridized carbons (Fsp3) is 0.286. The number of anilines is 1. The number of benzene rings is 3. The number of nitrogens with zero attached hydrogens (tertiary/aromatic N) is 3. The first-order valence-electron chi connectivity index (χ1n) is 12.2. The van der Waals surface area contributed by atoms with Crippen LogP contribution in [0.15, 0.2) is 73.1 Å². The van der Waals surface area contributed by atoms with Gasteiger partial charge in [0.2, 0.25) is 0 Å². The van der Waals surface area contributed by atoms with Crippen molar-refractivity contribution in [2.24, 2.45) is 0 Å². The molecule has 178 valence electrons. The summed E-state index contributed by atoms with van der Waals surface area (Å²) >= 11 is 1.65. The Morgan fingerprint density at radius 3 is 2.74 bits per heavy atom. The Hall–Kier alpha value is -3.42. The van der Waals surface area contributed by atoms with E-state index in [4.69, 9.17) is 9.72 Å². The monoisotopic (exact) mass is 484 g/mol. The third kappa shape index (κ3) is 4.88. The molecule has 0 spiro atoms. The lowest BCUT2D eigenvalue weighted by molar-refractivity contribution is 0.116. The third-order valence-corrected chi connectivity index (χ3v) is 7.63. The predicted octanol–water partition coefficient (Wildman–Crippen LogP) is 5.99. The molecule has 3 aromatic carbocycles. The van der Waals surface area contributed by atoms with Crippen molar-refractivity contribution < 1.29 is 9.84 Å². The van der Waals surface area contributed by atoms with Crippen molar-refractivity contribution >= 4 is 37.7 Å². The zero-order chi connectivity index (χ0) is 23.6. The summed E-state index contributed by atoms with van der Waals surface area (Å²) in [5.74, 6) is 0.820. The summed E-state index contributed by atoms with van der Waals surface area (Å²) in [6.07, 6.45) is 5.72. The van der Waals surface area contributed by atoms with Crippen LogP contribution in [0.1, 0.15) is 36.8 Å². The molecule has 2 heterocycles. The summed E-state index contributed by atoms with van der Waals surface area (Å²) in [5.41, 5.74) is 5.34. The summed E-state index contributed by atoms with van der Waals surface area (Å²) in [6, 6.07) is 22.8. The van der Waals surface area contributed by atoms with E-state index in [1.54, 1.807) is 11.3 Å². The molecular weight excluding hydrogens is 456 g/mol. The third-order valence-electron chi connectivity index (χ3n) is 6.68. The smallest absolute Gasteiger partial charge is 0.184 e. The second kappa shape index (κ2) is 9.68. The predicted molar refractivity (Wildman–Crippen MR) is 141 cm³/mol. The van der Waals surface area contributed by atoms with Gasteiger partial charge in [0.15, 0.2) is 5.13 Å². The number of aliphatic hydroxyl groups excluding tert-OH is 1. The number of aromatic nitrogens is 3. The van der Waals surface area contributed by atoms with Gasteiger partial charge in [-0.25, -0.2) is 9.97 Å². The topological polar surface area (TPSA) is 72.2 Å². The average molecular weight is 485 g/mol. The minimum atomic E-state index is -0.287. The Morgan fingerprint density at radius 1 is 0.971 bits per heavy atom. The molecule has 0 aliphatic heterocycles. The van der Waals surface area contributed by atoms with Crippen LogP contribution in [0, 0.1) is 0 Å². The Bertz CT molecular complexity index is 1450. The summed E-state index contributed by atoms with van der Waals surface area (Å²) in [4.78, 5) is 9.35. The summed E-state index contributed by atoms with van der Waals surface area (Å²) in [7, 11) is 0. The zero-order valence-corrected chi connectivity index (χ0v) is 20.2. The minimum absolute atomic E-state index is 0.0997. The summed E-state index contributed by atoms with van der Waals surface area (Å²) < 4.78 is 9.27. The van der Waals surface area contributed by atoms with E-state index in [-0.39, 0.29) is 12.1 Å². The van der Waals surface area contributed by atoms with Crippen molar-refractivity contribution in [2.75, 3.05) is 5.32 Å². The summed E-state index contributed by atoms with van der Waals surface area (Å²) in [5, 5.41) is 14.6. The number of nitrogens with one attached hydrogen (secondary N) is 1. The number of imidazole rings is 1. The molecule has 1 aliphatic carbocycles. The van der Waals surface area contributed by atoms with Gasteiger partial charge in [-0.15, -0.1) is 0 Å². The Kier molecular flexibility index (Phi) is 6.10. The maximum absolute atomic E-state index is 10.3. The van der Waals surface area contributed by atoms with E-state index < -0.39 is 0 Å². The van der Waals surface area contributed by atoms with Gasteiger partial charge in [0.05, 0.1) is 39.7 Å². The highest BCUT2D eigenvalue weighted by atomic mass is 32.1. The highest BCUT2D eigenvalue weighted by molar-refractivity contribution is 7.22. The number of ether oxygens (including phenoxy) is 1. The lowest BCUT2D eigenvalue weighted by Crippen LogP contribution is -2.36. The molecule has 1 saturated carbocycles. The van der Waals surface area contributed by atoms with E-state index in [0.717, 1.165) is 69.9 Å². The molecule has 7 heteroatoms. The lowest BCUT2D eigenvalue weighted by atomic mass is 9.93. The van der Waals surface area contributed by atoms with Gasteiger partial charge in [-0.05, 0) is 48.2 Å². The normalized spacial score (nSPS) is 18.2. The number of hydrogen-bond donors (Lipinski definition) is 2. The second-order valence-corrected chi connectivity index (χ2v) is 10.3. The standard InChI is InChI=1S/C28H28N4O2S/c33-26-9-5-4-8-22(26)30-28-31-23-12-10-20(14-27(23)35-28)16-32-18-29-24-15-21(11-13-25(24)32)34-17-19-6-2-1-3-7-19/h1-3,6-7,10-15,18,22,26,33H,4-5,8-9,16-17H2,(H,30,31)/t22-,26-/m1/s1. The van der Waals surface area contributed by atoms with Crippen LogP contribution in [0.5, 0.6) is 5.75 Å². The van der Waals surface area contributed by atoms with Crippen LogP contribution < -0.4 is 10.1 Å². The van der Waals surface area contributed by atoms with Crippen molar-refractivity contribution in [3.63, 3.8) is 0 Å². The van der Waals surface area contributed by atoms with Crippen LogP contribution in [0.25, 0.3) is 21.3 Å². The van der Waals surface area contributed by atoms with E-state index in [9.17, 15) is 5.11 Å². The number of rotatable bonds is 7. The molecule has 1 aliphatic rings. The molecule has 0 radical (unpaired) electrons. The first-order valence-corrected chi connectivity index (χ1v) is 13.0. The van der Waals surface area contributed by atoms with Crippen molar-refractivity contribution in [3.8, 4) is 5.75 Å². The van der Waals surface area contributed by atoms with E-state index in [1.807, 2.05) is 36.7 Å². The van der Waals surface area contributed by atoms with Crippen molar-refractivity contribution in [1.82, 2.24) is 14.5 Å². The first kappa shape index (κ1) is 22.1. The molecule has 5 aromatic rings. The molecule has 2 atom stereocenters. The average Bonchev–Trinajstić information content (AvgIpc) is 3.47. The molecule has 0 unspecified atom stereocenters. The van der Waals surface area contributed by atoms with Crippen LogP contribution in [0.4, 0.5) is 5.13 Å². The van der Waals surface area contributed by atoms with E-state index in [1.165, 1.54) is 5.56 Å². The fourth-order valence-electron chi connectivity index (χ4n) is 4.76. The highest BCUT2D eigenvalue weighted by Gasteiger charge is 2.23. The molecule has 6 nitrogen and oxygen atoms in total. The molecule has 0 amide bonds. The number of thiazole rings is 1. The molecule has 6 rings (SSSR count). The molecule has 2 N–H and O–H groups in total. The lowest BCUT2D eigenvalue weighted by Gasteiger charge is -2.27. The fourth-order valence-corrected chi connectivity index (χ4v) is 5.76. The molecule has 0 bridgehead atoms. The minimum Gasteiger partial charge on any atom is -0.489 e. The van der Waals surface area contributed by atoms with Crippen LogP contribution in [-0.4, -0.2) is 31.8 Å². The number of aliphatic hydroxyl groups is 1. The van der Waals surface area contributed by atoms with Crippen molar-refractivity contribution in [2.45, 2.75) is 51.0 Å². The highest BCUT2D eigenvalue weighted by Crippen LogP contribution is 2.30. The van der Waals surface area contributed by atoms with Crippen molar-refractivity contribution in [3.05, 3.63) is 84.2 Å². The largest absolute Gasteiger partial charge is 0.489 e. The van der Waals surface area contributed by atoms with E-state index in [0.29, 0.717) is 6.61 Å². The van der Waals surface area contributed by atoms with Gasteiger partial charge >= 0.3 is 0 Å². The summed E-state index contributed by atoms with van der Waals surface area (Å²) in [6.45, 7) is 1.27. The van der Waals surface area contributed by atoms with Crippen LogP contribution in [0.2, 0.25) is 0 Å². The maximum Gasteiger partial charge on any atom is 0.184 e. The van der Waals surface area contributed by atoms with E-state index >= 15 is 0 Å². The van der Waals surface area contributed by atoms with Crippen LogP contribution in [-0.2, 0) is 13.2 Å². The van der Waals surface area contributed by atoms with Gasteiger partial charge in [0.25, 0.3) is 0 Å². The van der Waals surface area contributed by atoms with Crippen LogP contribution in [0.3, 0.4) is 0 Å². The SMILES string of the molecule is O[C@@H]1CCCC[C@H]1Nc1nc2ccc(Cn3cnc4cc(OCc5ccccc5)ccc43)cc2s1. The maximum atomic E-state index is 10.3. The molecule has 2 aromatic heterocycles. The van der Waals surface area contributed by atoms with Gasteiger partial charge in [0.1, 0.15) is 12.4 Å². The Labute approximate surface area is 208 Å². The molecule has 0 saturated heterocycles. The Balaban J connectivity index is 1.16. The first-order chi connectivity index (χ1) is 17.2. The van der Waals surface area contributed by atoms with Gasteiger partial charge in [-0.2, -0.15) is 0 Å². The quantitative estimate of drug-likeness (QED) is 0.297. The van der Waals surface area contributed by atoms with Gasteiger partial charge in [-0.3, -0.25) is 0 Å². The van der Waals surface area contributed by atoms with Crippen LogP contribution >= 0.6 is 11.3 Å². The van der Waals surface area contributed by atoms with Gasteiger partial charge in [0, 0.05) is 12.6 Å². The van der Waals surface area contributed by atoms with Gasteiger partial charge < -0.3 is 19.7 Å². The number of fused-ring (bicyclic) bond motifs is 2. The molecular formula is C28H28N4O2S. The molecule has 35 heavy (non-hydrogen) atoms. The van der Waals surface area contributed by atoms with Crippen molar-refractivity contribution in [1.29, 1.82) is 0 Å². The second-order valence-electron chi connectivity index (χ2n) is 9.22. The number of hydrogen-bond acceptors (Lipinski definition) is 6. The Morgan fingerprint density at radius 2 is 1.86 bits per heavy atom. The molecule has 1 fully saturated rings. The van der Waals surface area contributed by atoms with E-state index in [2.05, 4.69) is 51.3 Å². The zero-order valence-electron chi connectivity index (χ0n) is 19.4. The van der Waals surface area contributed by atoms with Gasteiger partial charge in [-0.1, -0.05) is 60.6 Å².